The minimum Gasteiger partial charge on any atom is -0.0988 e. The van der Waals surface area contributed by atoms with E-state index in [-0.39, 0.29) is 5.41 Å². The largest absolute Gasteiger partial charge is 0.0988 e. The topological polar surface area (TPSA) is 0 Å². The second-order valence-corrected chi connectivity index (χ2v) is 13.3. The molecule has 0 spiro atoms. The van der Waals surface area contributed by atoms with Crippen LogP contribution in [0.4, 0.5) is 0 Å². The van der Waals surface area contributed by atoms with Crippen molar-refractivity contribution in [2.75, 3.05) is 0 Å². The molecule has 244 valence electrons. The van der Waals surface area contributed by atoms with Gasteiger partial charge in [0.15, 0.2) is 0 Å². The first-order valence-electron chi connectivity index (χ1n) is 17.6. The smallest absolute Gasteiger partial charge is 0.0215 e. The lowest BCUT2D eigenvalue weighted by atomic mass is 9.70. The molecule has 0 N–H and O–H groups in total. The molecule has 1 unspecified atom stereocenters. The molecular formula is C47H56. The van der Waals surface area contributed by atoms with Gasteiger partial charge < -0.3 is 0 Å². The Balaban J connectivity index is 1.80. The van der Waals surface area contributed by atoms with Gasteiger partial charge in [0.05, 0.1) is 0 Å². The molecule has 3 aromatic carbocycles. The monoisotopic (exact) mass is 620 g/mol. The van der Waals surface area contributed by atoms with Crippen molar-refractivity contribution in [3.8, 4) is 11.1 Å². The van der Waals surface area contributed by atoms with Crippen LogP contribution < -0.4 is 0 Å². The van der Waals surface area contributed by atoms with Gasteiger partial charge in [0.25, 0.3) is 0 Å². The van der Waals surface area contributed by atoms with Crippen LogP contribution in [0.25, 0.3) is 28.9 Å². The van der Waals surface area contributed by atoms with E-state index in [1.54, 1.807) is 0 Å². The summed E-state index contributed by atoms with van der Waals surface area (Å²) < 4.78 is 0. The fourth-order valence-corrected chi connectivity index (χ4v) is 8.17. The zero-order chi connectivity index (χ0) is 34.3. The van der Waals surface area contributed by atoms with Crippen LogP contribution in [0.1, 0.15) is 124 Å². The van der Waals surface area contributed by atoms with Gasteiger partial charge in [-0.2, -0.15) is 0 Å². The second-order valence-electron chi connectivity index (χ2n) is 13.3. The van der Waals surface area contributed by atoms with Gasteiger partial charge in [-0.1, -0.05) is 145 Å². The highest BCUT2D eigenvalue weighted by atomic mass is 14.5. The molecule has 0 nitrogen and oxygen atoms in total. The van der Waals surface area contributed by atoms with Crippen LogP contribution in [0.15, 0.2) is 116 Å². The Hall–Kier alpha value is -4.16. The van der Waals surface area contributed by atoms with Crippen LogP contribution in [-0.4, -0.2) is 0 Å². The van der Waals surface area contributed by atoms with Crippen molar-refractivity contribution in [1.29, 1.82) is 0 Å². The van der Waals surface area contributed by atoms with E-state index in [1.807, 2.05) is 12.2 Å². The molecule has 0 bridgehead atoms. The third kappa shape index (κ3) is 6.66. The maximum atomic E-state index is 4.48. The predicted octanol–water partition coefficient (Wildman–Crippen LogP) is 13.9. The van der Waals surface area contributed by atoms with E-state index in [4.69, 9.17) is 0 Å². The second kappa shape index (κ2) is 15.6. The predicted molar refractivity (Wildman–Crippen MR) is 211 cm³/mol. The van der Waals surface area contributed by atoms with Crippen molar-refractivity contribution >= 4 is 17.7 Å². The summed E-state index contributed by atoms with van der Waals surface area (Å²) in [5, 5.41) is 0. The molecule has 0 heteroatoms. The fourth-order valence-electron chi connectivity index (χ4n) is 8.17. The van der Waals surface area contributed by atoms with E-state index in [0.717, 1.165) is 50.5 Å². The Kier molecular flexibility index (Phi) is 11.9. The third-order valence-electron chi connectivity index (χ3n) is 10.7. The zero-order valence-corrected chi connectivity index (χ0v) is 30.1. The van der Waals surface area contributed by atoms with Crippen molar-refractivity contribution in [2.45, 2.75) is 97.8 Å². The Morgan fingerprint density at radius 3 is 2.13 bits per heavy atom. The summed E-state index contributed by atoms with van der Waals surface area (Å²) in [6.07, 6.45) is 17.8. The van der Waals surface area contributed by atoms with Crippen LogP contribution >= 0.6 is 0 Å². The number of allylic oxidation sites excluding steroid dienone is 7. The van der Waals surface area contributed by atoms with Crippen LogP contribution in [-0.2, 0) is 11.8 Å². The first kappa shape index (κ1) is 35.7. The average molecular weight is 621 g/mol. The Morgan fingerprint density at radius 1 is 0.872 bits per heavy atom. The van der Waals surface area contributed by atoms with E-state index >= 15 is 0 Å². The van der Waals surface area contributed by atoms with Gasteiger partial charge in [0.1, 0.15) is 0 Å². The number of benzene rings is 3. The molecule has 4 rings (SSSR count). The van der Waals surface area contributed by atoms with E-state index in [0.29, 0.717) is 5.92 Å². The van der Waals surface area contributed by atoms with Crippen LogP contribution in [0.2, 0.25) is 0 Å². The number of aryl methyl sites for hydroxylation is 2. The Morgan fingerprint density at radius 2 is 1.55 bits per heavy atom. The quantitative estimate of drug-likeness (QED) is 0.140. The van der Waals surface area contributed by atoms with Gasteiger partial charge >= 0.3 is 0 Å². The van der Waals surface area contributed by atoms with Crippen LogP contribution in [0.5, 0.6) is 0 Å². The Bertz CT molecular complexity index is 1740. The number of rotatable bonds is 16. The van der Waals surface area contributed by atoms with Gasteiger partial charge in [0, 0.05) is 11.3 Å². The maximum Gasteiger partial charge on any atom is 0.0215 e. The molecular weight excluding hydrogens is 565 g/mol. The summed E-state index contributed by atoms with van der Waals surface area (Å²) in [4.78, 5) is 0. The minimum atomic E-state index is -0.0194. The first-order chi connectivity index (χ1) is 22.7. The first-order valence-corrected chi connectivity index (χ1v) is 17.6. The van der Waals surface area contributed by atoms with Gasteiger partial charge in [-0.15, -0.1) is 0 Å². The summed E-state index contributed by atoms with van der Waals surface area (Å²) in [5.74, 6) is 0.295. The third-order valence-corrected chi connectivity index (χ3v) is 10.7. The molecule has 3 aromatic rings. The van der Waals surface area contributed by atoms with Crippen molar-refractivity contribution in [3.05, 3.63) is 161 Å². The highest BCUT2D eigenvalue weighted by Gasteiger charge is 2.43. The lowest BCUT2D eigenvalue weighted by Crippen LogP contribution is -2.25. The fraction of sp³-hybridized carbons (Fsp3) is 0.319. The molecule has 0 saturated carbocycles. The average Bonchev–Trinajstić information content (AvgIpc) is 3.34. The molecule has 0 fully saturated rings. The molecule has 0 heterocycles. The standard InChI is InChI=1S/C47H56/c1-12-28-47(29-13-2)44-30-38(35(11)36(14-3)15-4)26-27-43(44)46-41(18-7)40(17-6)39(31-45(46)47)24-21-23-37(16-5)33(9)34(10)42-25-20-19-22-32(42)8/h14-20,22,25-27,30-31,35H,3,5-7,10,12-13,21,23-24,28-29H2,1-2,4,8-9,11H3/b36-15+,37-33+. The van der Waals surface area contributed by atoms with E-state index in [2.05, 4.69) is 141 Å². The molecule has 47 heavy (non-hydrogen) atoms. The van der Waals surface area contributed by atoms with Crippen LogP contribution in [0, 0.1) is 6.92 Å². The summed E-state index contributed by atoms with van der Waals surface area (Å²) in [7, 11) is 0. The van der Waals surface area contributed by atoms with E-state index in [1.165, 1.54) is 72.4 Å². The molecule has 1 atom stereocenters. The highest BCUT2D eigenvalue weighted by Crippen LogP contribution is 2.57. The molecule has 0 aliphatic heterocycles. The normalized spacial score (nSPS) is 14.5. The summed E-state index contributed by atoms with van der Waals surface area (Å²) in [6.45, 7) is 34.9. The van der Waals surface area contributed by atoms with E-state index < -0.39 is 0 Å². The number of fused-ring (bicyclic) bond motifs is 3. The van der Waals surface area contributed by atoms with Crippen LogP contribution in [0.3, 0.4) is 0 Å². The molecule has 0 saturated heterocycles. The van der Waals surface area contributed by atoms with Gasteiger partial charge in [-0.3, -0.25) is 0 Å². The molecule has 1 aliphatic carbocycles. The number of hydrogen-bond donors (Lipinski definition) is 0. The summed E-state index contributed by atoms with van der Waals surface area (Å²) in [6, 6.07) is 18.3. The van der Waals surface area contributed by atoms with Crippen molar-refractivity contribution in [2.24, 2.45) is 0 Å². The number of hydrogen-bond acceptors (Lipinski definition) is 0. The Labute approximate surface area is 286 Å². The lowest BCUT2D eigenvalue weighted by Gasteiger charge is -2.33. The molecule has 0 amide bonds. The van der Waals surface area contributed by atoms with Gasteiger partial charge in [-0.25, -0.2) is 0 Å². The highest BCUT2D eigenvalue weighted by molar-refractivity contribution is 5.91. The summed E-state index contributed by atoms with van der Waals surface area (Å²) >= 11 is 0. The van der Waals surface area contributed by atoms with Crippen molar-refractivity contribution < 1.29 is 0 Å². The molecule has 0 radical (unpaired) electrons. The molecule has 1 aliphatic rings. The van der Waals surface area contributed by atoms with E-state index in [9.17, 15) is 0 Å². The SMILES string of the molecule is C=C/C(CCCc1cc2c(c(C=C)c1C=C)-c1ccc(C(C)/C(C=C)=C/C)cc1C2(CCC)CCC)=C(/C)C(=C)c1ccccc1C. The van der Waals surface area contributed by atoms with Gasteiger partial charge in [-0.05, 0) is 131 Å². The lowest BCUT2D eigenvalue weighted by molar-refractivity contribution is 0.435. The summed E-state index contributed by atoms with van der Waals surface area (Å²) in [5.41, 5.74) is 18.2. The van der Waals surface area contributed by atoms with Crippen molar-refractivity contribution in [3.63, 3.8) is 0 Å². The van der Waals surface area contributed by atoms with Gasteiger partial charge in [0.2, 0.25) is 0 Å². The van der Waals surface area contributed by atoms with Crippen molar-refractivity contribution in [1.82, 2.24) is 0 Å². The zero-order valence-electron chi connectivity index (χ0n) is 30.1. The molecule has 0 aromatic heterocycles. The maximum absolute atomic E-state index is 4.48. The minimum absolute atomic E-state index is 0.0194.